The summed E-state index contributed by atoms with van der Waals surface area (Å²) in [7, 11) is 5.30. The average molecular weight is 431 g/mol. The number of nitrogens with one attached hydrogen (secondary N) is 1. The van der Waals surface area contributed by atoms with Gasteiger partial charge in [0.15, 0.2) is 0 Å². The highest BCUT2D eigenvalue weighted by molar-refractivity contribution is 6.30. The first-order chi connectivity index (χ1) is 14.5. The van der Waals surface area contributed by atoms with Crippen molar-refractivity contribution in [2.24, 2.45) is 0 Å². The van der Waals surface area contributed by atoms with Crippen LogP contribution in [0.1, 0.15) is 24.3 Å². The molecular formula is C22H24ClFN4O2. The summed E-state index contributed by atoms with van der Waals surface area (Å²) in [4.78, 5) is 11.3. The fourth-order valence-corrected chi connectivity index (χ4v) is 4.13. The van der Waals surface area contributed by atoms with Gasteiger partial charge in [-0.25, -0.2) is 4.39 Å². The number of ether oxygens (including phenoxy) is 2. The third-order valence-electron chi connectivity index (χ3n) is 5.46. The van der Waals surface area contributed by atoms with Gasteiger partial charge in [-0.1, -0.05) is 11.6 Å². The van der Waals surface area contributed by atoms with Crippen LogP contribution in [-0.2, 0) is 0 Å². The second-order valence-electron chi connectivity index (χ2n) is 7.52. The molecule has 30 heavy (non-hydrogen) atoms. The summed E-state index contributed by atoms with van der Waals surface area (Å²) in [5.74, 6) is 1.09. The molecule has 1 atom stereocenters. The lowest BCUT2D eigenvalue weighted by molar-refractivity contribution is 0.247. The van der Waals surface area contributed by atoms with Crippen molar-refractivity contribution >= 4 is 34.0 Å². The van der Waals surface area contributed by atoms with Gasteiger partial charge in [-0.3, -0.25) is 0 Å². The first kappa shape index (κ1) is 20.6. The molecule has 0 radical (unpaired) electrons. The molecule has 0 aliphatic carbocycles. The summed E-state index contributed by atoms with van der Waals surface area (Å²) >= 11 is 5.87. The fourth-order valence-electron chi connectivity index (χ4n) is 3.97. The number of methoxy groups -OCH3 is 2. The lowest BCUT2D eigenvalue weighted by atomic mass is 9.89. The number of likely N-dealkylation sites (tertiary alicyclic amines) is 1. The Labute approximate surface area is 180 Å². The maximum Gasteiger partial charge on any atom is 0.318 e. The Morgan fingerprint density at radius 2 is 2.00 bits per heavy atom. The Morgan fingerprint density at radius 3 is 2.70 bits per heavy atom. The Kier molecular flexibility index (Phi) is 5.92. The molecule has 2 aromatic carbocycles. The van der Waals surface area contributed by atoms with Crippen molar-refractivity contribution in [3.05, 3.63) is 46.7 Å². The van der Waals surface area contributed by atoms with Crippen molar-refractivity contribution in [2.45, 2.75) is 18.8 Å². The van der Waals surface area contributed by atoms with Crippen molar-refractivity contribution in [1.82, 2.24) is 14.9 Å². The summed E-state index contributed by atoms with van der Waals surface area (Å²) in [5.41, 5.74) is 2.09. The van der Waals surface area contributed by atoms with Gasteiger partial charge in [-0.15, -0.1) is 0 Å². The molecule has 0 spiro atoms. The van der Waals surface area contributed by atoms with E-state index >= 15 is 0 Å². The molecule has 3 aromatic rings. The molecule has 4 rings (SSSR count). The monoisotopic (exact) mass is 430 g/mol. The Hall–Kier alpha value is -2.64. The van der Waals surface area contributed by atoms with Gasteiger partial charge < -0.3 is 19.7 Å². The van der Waals surface area contributed by atoms with Crippen molar-refractivity contribution < 1.29 is 13.9 Å². The number of anilines is 2. The summed E-state index contributed by atoms with van der Waals surface area (Å²) in [6, 6.07) is 8.59. The second kappa shape index (κ2) is 8.62. The molecule has 8 heteroatoms. The van der Waals surface area contributed by atoms with E-state index in [0.717, 1.165) is 42.6 Å². The molecule has 158 valence electrons. The third kappa shape index (κ3) is 4.13. The van der Waals surface area contributed by atoms with Gasteiger partial charge >= 0.3 is 6.01 Å². The first-order valence-electron chi connectivity index (χ1n) is 9.82. The Balaban J connectivity index is 1.82. The standard InChI is InChI=1S/C22H24ClFN4O2/c1-28-8-4-5-13(12-28)15-10-19-16(11-20(15)29-2)21(27-22(26-19)30-3)25-18-7-6-14(23)9-17(18)24/h6-7,9-11,13H,4-5,8,12H2,1-3H3,(H,25,26,27)/t13-/m1/s1. The van der Waals surface area contributed by atoms with E-state index in [0.29, 0.717) is 22.3 Å². The molecule has 0 bridgehead atoms. The van der Waals surface area contributed by atoms with Crippen LogP contribution in [0.3, 0.4) is 0 Å². The fraction of sp³-hybridized carbons (Fsp3) is 0.364. The number of halogens is 2. The van der Waals surface area contributed by atoms with Crippen LogP contribution in [-0.4, -0.2) is 49.2 Å². The van der Waals surface area contributed by atoms with Gasteiger partial charge in [-0.2, -0.15) is 9.97 Å². The highest BCUT2D eigenvalue weighted by Crippen LogP contribution is 2.38. The quantitative estimate of drug-likeness (QED) is 0.615. The predicted octanol–water partition coefficient (Wildman–Crippen LogP) is 4.99. The van der Waals surface area contributed by atoms with E-state index in [1.807, 2.05) is 12.1 Å². The van der Waals surface area contributed by atoms with Gasteiger partial charge in [0, 0.05) is 28.4 Å². The van der Waals surface area contributed by atoms with Crippen LogP contribution in [0.4, 0.5) is 15.9 Å². The molecule has 0 unspecified atom stereocenters. The van der Waals surface area contributed by atoms with Crippen LogP contribution in [0.2, 0.25) is 5.02 Å². The van der Waals surface area contributed by atoms with Gasteiger partial charge in [0.1, 0.15) is 17.4 Å². The largest absolute Gasteiger partial charge is 0.496 e. The molecule has 1 aliphatic rings. The third-order valence-corrected chi connectivity index (χ3v) is 5.69. The normalized spacial score (nSPS) is 17.2. The van der Waals surface area contributed by atoms with Crippen molar-refractivity contribution in [3.8, 4) is 11.8 Å². The number of rotatable bonds is 5. The first-order valence-corrected chi connectivity index (χ1v) is 10.2. The van der Waals surface area contributed by atoms with E-state index < -0.39 is 5.82 Å². The number of piperidine rings is 1. The number of likely N-dealkylation sites (N-methyl/N-ethyl adjacent to an activating group) is 1. The molecule has 1 fully saturated rings. The van der Waals surface area contributed by atoms with Gasteiger partial charge in [0.2, 0.25) is 0 Å². The van der Waals surface area contributed by atoms with Crippen LogP contribution in [0.25, 0.3) is 10.9 Å². The van der Waals surface area contributed by atoms with Crippen LogP contribution < -0.4 is 14.8 Å². The Bertz CT molecular complexity index is 1080. The molecular weight excluding hydrogens is 407 g/mol. The van der Waals surface area contributed by atoms with Gasteiger partial charge in [-0.05, 0) is 56.8 Å². The zero-order valence-electron chi connectivity index (χ0n) is 17.2. The molecule has 2 heterocycles. The zero-order chi connectivity index (χ0) is 21.3. The molecule has 1 N–H and O–H groups in total. The van der Waals surface area contributed by atoms with E-state index in [1.54, 1.807) is 19.2 Å². The maximum absolute atomic E-state index is 14.4. The van der Waals surface area contributed by atoms with E-state index in [1.165, 1.54) is 13.2 Å². The van der Waals surface area contributed by atoms with Crippen molar-refractivity contribution in [2.75, 3.05) is 39.7 Å². The number of benzene rings is 2. The maximum atomic E-state index is 14.4. The SMILES string of the molecule is COc1nc(Nc2ccc(Cl)cc2F)c2cc(OC)c([C@@H]3CCCN(C)C3)cc2n1. The predicted molar refractivity (Wildman–Crippen MR) is 117 cm³/mol. The number of aromatic nitrogens is 2. The van der Waals surface area contributed by atoms with Crippen molar-refractivity contribution in [1.29, 1.82) is 0 Å². The van der Waals surface area contributed by atoms with Crippen molar-refractivity contribution in [3.63, 3.8) is 0 Å². The number of nitrogens with zero attached hydrogens (tertiary/aromatic N) is 3. The van der Waals surface area contributed by atoms with Crippen LogP contribution in [0.5, 0.6) is 11.8 Å². The van der Waals surface area contributed by atoms with Crippen LogP contribution in [0.15, 0.2) is 30.3 Å². The van der Waals surface area contributed by atoms with Gasteiger partial charge in [0.05, 0.1) is 25.4 Å². The summed E-state index contributed by atoms with van der Waals surface area (Å²) in [6.07, 6.45) is 2.23. The second-order valence-corrected chi connectivity index (χ2v) is 7.96. The topological polar surface area (TPSA) is 59.5 Å². The molecule has 1 aromatic heterocycles. The number of hydrogen-bond acceptors (Lipinski definition) is 6. The van der Waals surface area contributed by atoms with E-state index in [4.69, 9.17) is 21.1 Å². The smallest absolute Gasteiger partial charge is 0.318 e. The highest BCUT2D eigenvalue weighted by atomic mass is 35.5. The summed E-state index contributed by atoms with van der Waals surface area (Å²) < 4.78 is 25.4. The highest BCUT2D eigenvalue weighted by Gasteiger charge is 2.24. The van der Waals surface area contributed by atoms with E-state index in [9.17, 15) is 4.39 Å². The van der Waals surface area contributed by atoms with E-state index in [2.05, 4.69) is 27.2 Å². The molecule has 1 saturated heterocycles. The minimum Gasteiger partial charge on any atom is -0.496 e. The lowest BCUT2D eigenvalue weighted by Gasteiger charge is -2.31. The molecule has 6 nitrogen and oxygen atoms in total. The minimum absolute atomic E-state index is 0.205. The molecule has 0 amide bonds. The Morgan fingerprint density at radius 1 is 1.17 bits per heavy atom. The number of hydrogen-bond donors (Lipinski definition) is 1. The summed E-state index contributed by atoms with van der Waals surface area (Å²) in [5, 5.41) is 4.09. The lowest BCUT2D eigenvalue weighted by Crippen LogP contribution is -2.31. The minimum atomic E-state index is -0.470. The number of fused-ring (bicyclic) bond motifs is 1. The molecule has 0 saturated carbocycles. The van der Waals surface area contributed by atoms with Crippen LogP contribution in [0, 0.1) is 5.82 Å². The summed E-state index contributed by atoms with van der Waals surface area (Å²) in [6.45, 7) is 2.06. The van der Waals surface area contributed by atoms with E-state index in [-0.39, 0.29) is 11.7 Å². The van der Waals surface area contributed by atoms with Crippen LogP contribution >= 0.6 is 11.6 Å². The molecule has 1 aliphatic heterocycles. The van der Waals surface area contributed by atoms with Gasteiger partial charge in [0.25, 0.3) is 0 Å². The average Bonchev–Trinajstić information content (AvgIpc) is 2.74. The zero-order valence-corrected chi connectivity index (χ0v) is 18.0.